The van der Waals surface area contributed by atoms with Crippen molar-refractivity contribution in [2.24, 2.45) is 5.92 Å². The van der Waals surface area contributed by atoms with E-state index in [2.05, 4.69) is 15.2 Å². The van der Waals surface area contributed by atoms with E-state index in [1.807, 2.05) is 42.5 Å². The van der Waals surface area contributed by atoms with E-state index in [4.69, 9.17) is 16.3 Å². The van der Waals surface area contributed by atoms with Crippen molar-refractivity contribution >= 4 is 17.5 Å². The lowest BCUT2D eigenvalue weighted by Gasteiger charge is -2.32. The first-order valence-electron chi connectivity index (χ1n) is 11.2. The molecule has 5 nitrogen and oxygen atoms in total. The summed E-state index contributed by atoms with van der Waals surface area (Å²) < 4.78 is 18.7. The predicted molar refractivity (Wildman–Crippen MR) is 127 cm³/mol. The summed E-state index contributed by atoms with van der Waals surface area (Å²) in [5, 5.41) is 3.86. The summed E-state index contributed by atoms with van der Waals surface area (Å²) in [7, 11) is 0. The normalized spacial score (nSPS) is 15.7. The van der Waals surface area contributed by atoms with Crippen LogP contribution < -0.4 is 10.1 Å². The second-order valence-corrected chi connectivity index (χ2v) is 8.60. The molecule has 4 rings (SSSR count). The molecule has 2 heterocycles. The number of pyridine rings is 1. The molecule has 2 aromatic carbocycles. The molecule has 0 saturated carbocycles. The van der Waals surface area contributed by atoms with E-state index in [-0.39, 0.29) is 23.7 Å². The number of nitrogens with one attached hydrogen (secondary N) is 1. The molecule has 0 bridgehead atoms. The number of aromatic nitrogens is 1. The van der Waals surface area contributed by atoms with Crippen LogP contribution in [0.3, 0.4) is 0 Å². The van der Waals surface area contributed by atoms with Gasteiger partial charge in [0.25, 0.3) is 0 Å². The van der Waals surface area contributed by atoms with Crippen LogP contribution in [0, 0.1) is 11.7 Å². The molecule has 1 aromatic heterocycles. The second-order valence-electron chi connectivity index (χ2n) is 8.17. The zero-order valence-electron chi connectivity index (χ0n) is 18.3. The van der Waals surface area contributed by atoms with Gasteiger partial charge in [-0.15, -0.1) is 0 Å². The summed E-state index contributed by atoms with van der Waals surface area (Å²) in [5.74, 6) is 0.387. The first-order chi connectivity index (χ1) is 16.1. The Morgan fingerprint density at radius 1 is 1.09 bits per heavy atom. The van der Waals surface area contributed by atoms with Crippen LogP contribution in [-0.4, -0.2) is 42.0 Å². The molecule has 0 unspecified atom stereocenters. The average molecular weight is 468 g/mol. The Morgan fingerprint density at radius 2 is 1.82 bits per heavy atom. The summed E-state index contributed by atoms with van der Waals surface area (Å²) in [4.78, 5) is 19.9. The van der Waals surface area contributed by atoms with Crippen LogP contribution >= 0.6 is 11.6 Å². The zero-order valence-corrected chi connectivity index (χ0v) is 19.0. The van der Waals surface area contributed by atoms with Crippen molar-refractivity contribution in [1.82, 2.24) is 15.2 Å². The first-order valence-corrected chi connectivity index (χ1v) is 11.5. The standard InChI is InChI=1S/C26H27ClFN3O2/c27-21-6-4-19(5-7-21)25(24-3-1-2-14-29-24)30-26(32)20-12-15-31(16-13-20)17-18-33-23-10-8-22(28)9-11-23/h1-11,14,20,25H,12-13,15-18H2,(H,30,32)/t25-/m0/s1. The van der Waals surface area contributed by atoms with Gasteiger partial charge in [0.15, 0.2) is 0 Å². The molecule has 172 valence electrons. The van der Waals surface area contributed by atoms with Crippen LogP contribution in [0.15, 0.2) is 72.9 Å². The van der Waals surface area contributed by atoms with Gasteiger partial charge in [0.05, 0.1) is 11.7 Å². The number of benzene rings is 2. The molecule has 1 saturated heterocycles. The van der Waals surface area contributed by atoms with E-state index in [1.54, 1.807) is 18.3 Å². The van der Waals surface area contributed by atoms with Crippen molar-refractivity contribution < 1.29 is 13.9 Å². The fraction of sp³-hybridized carbons (Fsp3) is 0.308. The third-order valence-electron chi connectivity index (χ3n) is 5.92. The van der Waals surface area contributed by atoms with Gasteiger partial charge in [0.1, 0.15) is 18.2 Å². The van der Waals surface area contributed by atoms with Gasteiger partial charge >= 0.3 is 0 Å². The third-order valence-corrected chi connectivity index (χ3v) is 6.17. The van der Waals surface area contributed by atoms with E-state index < -0.39 is 0 Å². The molecule has 1 N–H and O–H groups in total. The fourth-order valence-corrected chi connectivity index (χ4v) is 4.16. The Balaban J connectivity index is 1.29. The monoisotopic (exact) mass is 467 g/mol. The summed E-state index contributed by atoms with van der Waals surface area (Å²) in [6.07, 6.45) is 3.31. The van der Waals surface area contributed by atoms with Crippen LogP contribution in [0.5, 0.6) is 5.75 Å². The zero-order chi connectivity index (χ0) is 23.0. The van der Waals surface area contributed by atoms with Gasteiger partial charge in [-0.05, 0) is 80.0 Å². The number of amides is 1. The number of hydrogen-bond acceptors (Lipinski definition) is 4. The van der Waals surface area contributed by atoms with Gasteiger partial charge in [-0.25, -0.2) is 4.39 Å². The Hall–Kier alpha value is -2.96. The van der Waals surface area contributed by atoms with Crippen molar-refractivity contribution in [3.63, 3.8) is 0 Å². The molecule has 0 aliphatic carbocycles. The maximum Gasteiger partial charge on any atom is 0.224 e. The highest BCUT2D eigenvalue weighted by Crippen LogP contribution is 2.25. The highest BCUT2D eigenvalue weighted by molar-refractivity contribution is 6.30. The largest absolute Gasteiger partial charge is 0.492 e. The Bertz CT molecular complexity index is 1020. The number of ether oxygens (including phenoxy) is 1. The van der Waals surface area contributed by atoms with E-state index in [9.17, 15) is 9.18 Å². The molecule has 1 fully saturated rings. The van der Waals surface area contributed by atoms with Crippen molar-refractivity contribution in [3.8, 4) is 5.75 Å². The van der Waals surface area contributed by atoms with Crippen molar-refractivity contribution in [3.05, 3.63) is 95.0 Å². The SMILES string of the molecule is O=C(N[C@@H](c1ccc(Cl)cc1)c1ccccn1)C1CCN(CCOc2ccc(F)cc2)CC1. The smallest absolute Gasteiger partial charge is 0.224 e. The summed E-state index contributed by atoms with van der Waals surface area (Å²) >= 11 is 6.05. The maximum absolute atomic E-state index is 13.1. The summed E-state index contributed by atoms with van der Waals surface area (Å²) in [6.45, 7) is 2.97. The van der Waals surface area contributed by atoms with Gasteiger partial charge in [-0.3, -0.25) is 14.7 Å². The van der Waals surface area contributed by atoms with Crippen molar-refractivity contribution in [2.45, 2.75) is 18.9 Å². The fourth-order valence-electron chi connectivity index (χ4n) is 4.03. The van der Waals surface area contributed by atoms with Gasteiger partial charge in [0, 0.05) is 23.7 Å². The molecule has 3 aromatic rings. The van der Waals surface area contributed by atoms with Crippen LogP contribution in [0.4, 0.5) is 4.39 Å². The van der Waals surface area contributed by atoms with Gasteiger partial charge < -0.3 is 10.1 Å². The number of likely N-dealkylation sites (tertiary alicyclic amines) is 1. The summed E-state index contributed by atoms with van der Waals surface area (Å²) in [6, 6.07) is 18.9. The van der Waals surface area contributed by atoms with E-state index in [1.165, 1.54) is 12.1 Å². The molecule has 33 heavy (non-hydrogen) atoms. The molecule has 1 aliphatic heterocycles. The first kappa shape index (κ1) is 23.2. The molecule has 1 aliphatic rings. The lowest BCUT2D eigenvalue weighted by Crippen LogP contribution is -2.42. The third kappa shape index (κ3) is 6.53. The Labute approximate surface area is 198 Å². The number of nitrogens with zero attached hydrogens (tertiary/aromatic N) is 2. The van der Waals surface area contributed by atoms with Crippen LogP contribution in [-0.2, 0) is 4.79 Å². The minimum atomic E-state index is -0.321. The van der Waals surface area contributed by atoms with E-state index in [0.29, 0.717) is 17.4 Å². The molecule has 0 spiro atoms. The average Bonchev–Trinajstić information content (AvgIpc) is 2.85. The quantitative estimate of drug-likeness (QED) is 0.513. The maximum atomic E-state index is 13.1. The number of hydrogen-bond donors (Lipinski definition) is 1. The van der Waals surface area contributed by atoms with Gasteiger partial charge in [0.2, 0.25) is 5.91 Å². The number of carbonyl (C=O) groups excluding carboxylic acids is 1. The van der Waals surface area contributed by atoms with E-state index in [0.717, 1.165) is 43.7 Å². The Morgan fingerprint density at radius 3 is 2.48 bits per heavy atom. The van der Waals surface area contributed by atoms with Gasteiger partial charge in [-0.2, -0.15) is 0 Å². The minimum absolute atomic E-state index is 0.0437. The number of halogens is 2. The van der Waals surface area contributed by atoms with Gasteiger partial charge in [-0.1, -0.05) is 29.8 Å². The lowest BCUT2D eigenvalue weighted by molar-refractivity contribution is -0.127. The van der Waals surface area contributed by atoms with Crippen LogP contribution in [0.25, 0.3) is 0 Å². The number of carbonyl (C=O) groups is 1. The molecule has 1 atom stereocenters. The van der Waals surface area contributed by atoms with Crippen molar-refractivity contribution in [1.29, 1.82) is 0 Å². The molecule has 0 radical (unpaired) electrons. The summed E-state index contributed by atoms with van der Waals surface area (Å²) in [5.41, 5.74) is 1.74. The molecule has 1 amide bonds. The second kappa shape index (κ2) is 11.3. The van der Waals surface area contributed by atoms with Crippen molar-refractivity contribution in [2.75, 3.05) is 26.2 Å². The predicted octanol–water partition coefficient (Wildman–Crippen LogP) is 4.87. The lowest BCUT2D eigenvalue weighted by atomic mass is 9.94. The molecular weight excluding hydrogens is 441 g/mol. The highest BCUT2D eigenvalue weighted by Gasteiger charge is 2.27. The Kier molecular flexibility index (Phi) is 7.92. The molecular formula is C26H27ClFN3O2. The minimum Gasteiger partial charge on any atom is -0.492 e. The molecule has 7 heteroatoms. The topological polar surface area (TPSA) is 54.5 Å². The number of piperidine rings is 1. The van der Waals surface area contributed by atoms with E-state index >= 15 is 0 Å². The van der Waals surface area contributed by atoms with Crippen LogP contribution in [0.2, 0.25) is 5.02 Å². The highest BCUT2D eigenvalue weighted by atomic mass is 35.5. The number of rotatable bonds is 8. The van der Waals surface area contributed by atoms with Crippen LogP contribution in [0.1, 0.15) is 30.1 Å².